The van der Waals surface area contributed by atoms with Gasteiger partial charge in [0.05, 0.1) is 4.75 Å². The maximum atomic E-state index is 5.90. The van der Waals surface area contributed by atoms with Crippen molar-refractivity contribution in [2.75, 3.05) is 32.1 Å². The summed E-state index contributed by atoms with van der Waals surface area (Å²) in [5.41, 5.74) is 2.34. The van der Waals surface area contributed by atoms with E-state index in [-0.39, 0.29) is 4.75 Å². The molecule has 23 heavy (non-hydrogen) atoms. The second-order valence-electron chi connectivity index (χ2n) is 6.18. The minimum Gasteiger partial charge on any atom is -0.448 e. The molecule has 2 aliphatic heterocycles. The van der Waals surface area contributed by atoms with Crippen molar-refractivity contribution >= 4 is 11.8 Å². The fourth-order valence-corrected chi connectivity index (χ4v) is 4.77. The van der Waals surface area contributed by atoms with Crippen LogP contribution in [0.5, 0.6) is 0 Å². The van der Waals surface area contributed by atoms with E-state index >= 15 is 0 Å². The van der Waals surface area contributed by atoms with Gasteiger partial charge in [0.25, 0.3) is 0 Å². The Morgan fingerprint density at radius 1 is 1.17 bits per heavy atom. The highest BCUT2D eigenvalue weighted by Crippen LogP contribution is 2.44. The topological polar surface area (TPSA) is 47.3 Å². The van der Waals surface area contributed by atoms with Gasteiger partial charge in [0, 0.05) is 38.0 Å². The van der Waals surface area contributed by atoms with Gasteiger partial charge in [-0.15, -0.1) is 11.8 Å². The molecule has 2 aliphatic rings. The van der Waals surface area contributed by atoms with Crippen LogP contribution in [0.3, 0.4) is 0 Å². The largest absolute Gasteiger partial charge is 0.448 e. The van der Waals surface area contributed by atoms with Crippen molar-refractivity contribution in [3.8, 4) is 0 Å². The van der Waals surface area contributed by atoms with Crippen molar-refractivity contribution in [2.45, 2.75) is 23.5 Å². The predicted molar refractivity (Wildman–Crippen MR) is 91.8 cm³/mol. The van der Waals surface area contributed by atoms with Crippen LogP contribution in [0, 0.1) is 0 Å². The summed E-state index contributed by atoms with van der Waals surface area (Å²) < 4.78 is 11.2. The SMILES string of the molecule is c1ccc(C2(c3coc(C4CCOCC4)n3)CNCCS2)cc1. The minimum absolute atomic E-state index is 0.146. The number of benzene rings is 1. The number of ether oxygens (including phenoxy) is 1. The number of thioether (sulfide) groups is 1. The quantitative estimate of drug-likeness (QED) is 0.937. The zero-order valence-electron chi connectivity index (χ0n) is 13.2. The lowest BCUT2D eigenvalue weighted by atomic mass is 9.94. The molecule has 1 unspecified atom stereocenters. The third-order valence-corrected chi connectivity index (χ3v) is 6.24. The molecule has 0 bridgehead atoms. The fraction of sp³-hybridized carbons (Fsp3) is 0.500. The molecule has 0 saturated carbocycles. The molecule has 1 N–H and O–H groups in total. The third kappa shape index (κ3) is 2.93. The van der Waals surface area contributed by atoms with Crippen LogP contribution in [0.1, 0.15) is 35.9 Å². The average Bonchev–Trinajstić information content (AvgIpc) is 3.14. The Morgan fingerprint density at radius 3 is 2.74 bits per heavy atom. The number of aromatic nitrogens is 1. The van der Waals surface area contributed by atoms with Gasteiger partial charge in [-0.1, -0.05) is 30.3 Å². The van der Waals surface area contributed by atoms with Gasteiger partial charge in [-0.05, 0) is 18.4 Å². The van der Waals surface area contributed by atoms with Crippen LogP contribution >= 0.6 is 11.8 Å². The fourth-order valence-electron chi connectivity index (χ4n) is 3.42. The standard InChI is InChI=1S/C18H22N2O2S/c1-2-4-15(5-3-1)18(13-19-8-11-23-18)16-12-22-17(20-16)14-6-9-21-10-7-14/h1-5,12,14,19H,6-11,13H2. The molecule has 4 nitrogen and oxygen atoms in total. The molecule has 3 heterocycles. The molecule has 122 valence electrons. The Bertz CT molecular complexity index is 631. The molecule has 0 spiro atoms. The van der Waals surface area contributed by atoms with Crippen molar-refractivity contribution in [3.05, 3.63) is 53.7 Å². The maximum absolute atomic E-state index is 5.90. The summed E-state index contributed by atoms with van der Waals surface area (Å²) in [6.07, 6.45) is 3.88. The summed E-state index contributed by atoms with van der Waals surface area (Å²) in [6.45, 7) is 3.55. The van der Waals surface area contributed by atoms with Crippen molar-refractivity contribution in [3.63, 3.8) is 0 Å². The molecule has 1 aromatic carbocycles. The molecule has 0 amide bonds. The molecule has 1 atom stereocenters. The number of hydrogen-bond donors (Lipinski definition) is 1. The Morgan fingerprint density at radius 2 is 2.00 bits per heavy atom. The summed E-state index contributed by atoms with van der Waals surface area (Å²) >= 11 is 1.97. The first kappa shape index (κ1) is 15.2. The average molecular weight is 330 g/mol. The first-order chi connectivity index (χ1) is 11.4. The summed E-state index contributed by atoms with van der Waals surface area (Å²) in [7, 11) is 0. The Hall–Kier alpha value is -1.30. The van der Waals surface area contributed by atoms with Crippen LogP contribution in [0.4, 0.5) is 0 Å². The van der Waals surface area contributed by atoms with Gasteiger partial charge < -0.3 is 14.5 Å². The number of nitrogens with one attached hydrogen (secondary N) is 1. The Labute approximate surface area is 141 Å². The number of oxazole rings is 1. The van der Waals surface area contributed by atoms with Crippen molar-refractivity contribution in [2.24, 2.45) is 0 Å². The van der Waals surface area contributed by atoms with Crippen LogP contribution in [0.2, 0.25) is 0 Å². The van der Waals surface area contributed by atoms with Gasteiger partial charge >= 0.3 is 0 Å². The second-order valence-corrected chi connectivity index (χ2v) is 7.57. The van der Waals surface area contributed by atoms with E-state index in [1.54, 1.807) is 0 Å². The summed E-state index contributed by atoms with van der Waals surface area (Å²) in [4.78, 5) is 4.92. The lowest BCUT2D eigenvalue weighted by Gasteiger charge is -2.36. The van der Waals surface area contributed by atoms with Crippen LogP contribution in [-0.4, -0.2) is 37.0 Å². The van der Waals surface area contributed by atoms with E-state index in [1.165, 1.54) is 5.56 Å². The van der Waals surface area contributed by atoms with E-state index in [0.29, 0.717) is 5.92 Å². The number of nitrogens with zero attached hydrogens (tertiary/aromatic N) is 1. The van der Waals surface area contributed by atoms with Gasteiger partial charge in [0.2, 0.25) is 0 Å². The van der Waals surface area contributed by atoms with E-state index in [9.17, 15) is 0 Å². The minimum atomic E-state index is -0.146. The summed E-state index contributed by atoms with van der Waals surface area (Å²) in [5, 5.41) is 3.54. The Kier molecular flexibility index (Phi) is 4.42. The molecule has 2 fully saturated rings. The molecule has 5 heteroatoms. The van der Waals surface area contributed by atoms with Gasteiger partial charge in [0.15, 0.2) is 5.89 Å². The lowest BCUT2D eigenvalue weighted by molar-refractivity contribution is 0.0794. The van der Waals surface area contributed by atoms with E-state index in [0.717, 1.165) is 56.5 Å². The van der Waals surface area contributed by atoms with Gasteiger partial charge in [-0.2, -0.15) is 0 Å². The zero-order chi connectivity index (χ0) is 15.5. The lowest BCUT2D eigenvalue weighted by Crippen LogP contribution is -2.42. The molecule has 2 saturated heterocycles. The first-order valence-electron chi connectivity index (χ1n) is 8.32. The zero-order valence-corrected chi connectivity index (χ0v) is 14.0. The highest BCUT2D eigenvalue weighted by atomic mass is 32.2. The molecular formula is C18H22N2O2S. The first-order valence-corrected chi connectivity index (χ1v) is 9.31. The Balaban J connectivity index is 1.68. The van der Waals surface area contributed by atoms with Crippen LogP contribution in [0.25, 0.3) is 0 Å². The second kappa shape index (κ2) is 6.67. The van der Waals surface area contributed by atoms with Crippen LogP contribution < -0.4 is 5.32 Å². The van der Waals surface area contributed by atoms with E-state index < -0.39 is 0 Å². The smallest absolute Gasteiger partial charge is 0.197 e. The normalized spacial score (nSPS) is 26.3. The molecule has 2 aromatic rings. The van der Waals surface area contributed by atoms with E-state index in [4.69, 9.17) is 14.1 Å². The highest BCUT2D eigenvalue weighted by Gasteiger charge is 2.40. The number of rotatable bonds is 3. The van der Waals surface area contributed by atoms with Crippen molar-refractivity contribution in [1.82, 2.24) is 10.3 Å². The predicted octanol–water partition coefficient (Wildman–Crippen LogP) is 3.15. The molecule has 4 rings (SSSR count). The molecule has 0 radical (unpaired) electrons. The van der Waals surface area contributed by atoms with E-state index in [2.05, 4.69) is 35.6 Å². The van der Waals surface area contributed by atoms with Gasteiger partial charge in [-0.3, -0.25) is 0 Å². The summed E-state index contributed by atoms with van der Waals surface area (Å²) in [5.74, 6) is 2.35. The highest BCUT2D eigenvalue weighted by molar-refractivity contribution is 8.00. The molecule has 0 aliphatic carbocycles. The van der Waals surface area contributed by atoms with E-state index in [1.807, 2.05) is 18.0 Å². The summed E-state index contributed by atoms with van der Waals surface area (Å²) in [6, 6.07) is 10.7. The molecule has 1 aromatic heterocycles. The maximum Gasteiger partial charge on any atom is 0.197 e. The van der Waals surface area contributed by atoms with Gasteiger partial charge in [-0.25, -0.2) is 4.98 Å². The van der Waals surface area contributed by atoms with Crippen molar-refractivity contribution in [1.29, 1.82) is 0 Å². The monoisotopic (exact) mass is 330 g/mol. The van der Waals surface area contributed by atoms with Crippen LogP contribution in [0.15, 0.2) is 41.0 Å². The third-order valence-electron chi connectivity index (χ3n) is 4.75. The van der Waals surface area contributed by atoms with Crippen LogP contribution in [-0.2, 0) is 9.48 Å². The van der Waals surface area contributed by atoms with Gasteiger partial charge in [0.1, 0.15) is 12.0 Å². The number of hydrogen-bond acceptors (Lipinski definition) is 5. The molecular weight excluding hydrogens is 308 g/mol. The van der Waals surface area contributed by atoms with Crippen molar-refractivity contribution < 1.29 is 9.15 Å².